The Bertz CT molecular complexity index is 892. The monoisotopic (exact) mass is 437 g/mol. The van der Waals surface area contributed by atoms with Crippen molar-refractivity contribution in [3.63, 3.8) is 0 Å². The predicted octanol–water partition coefficient (Wildman–Crippen LogP) is 2.27. The summed E-state index contributed by atoms with van der Waals surface area (Å²) >= 11 is 12.1. The number of aromatic nitrogens is 1. The van der Waals surface area contributed by atoms with Gasteiger partial charge in [-0.15, -0.1) is 0 Å². The van der Waals surface area contributed by atoms with Crippen molar-refractivity contribution >= 4 is 23.2 Å². The van der Waals surface area contributed by atoms with Gasteiger partial charge in [-0.1, -0.05) is 41.4 Å². The number of nitrogens with zero attached hydrogens (tertiary/aromatic N) is 1. The third-order valence-electron chi connectivity index (χ3n) is 4.01. The molecule has 0 bridgehead atoms. The number of hydrogen-bond donors (Lipinski definition) is 1. The molecule has 1 N–H and O–H groups in total. The first-order valence-electron chi connectivity index (χ1n) is 8.49. The number of ether oxygens (including phenoxy) is 2. The smallest absolute Gasteiger partial charge is 0.161 e. The van der Waals surface area contributed by atoms with Crippen molar-refractivity contribution in [2.75, 3.05) is 7.11 Å². The Labute approximate surface area is 181 Å². The van der Waals surface area contributed by atoms with Gasteiger partial charge < -0.3 is 27.2 Å². The van der Waals surface area contributed by atoms with E-state index in [1.165, 1.54) is 0 Å². The molecular formula is C21H20Cl3N2O2-. The van der Waals surface area contributed by atoms with Gasteiger partial charge in [0.1, 0.15) is 6.61 Å². The zero-order valence-corrected chi connectivity index (χ0v) is 17.6. The number of benzene rings is 2. The van der Waals surface area contributed by atoms with Gasteiger partial charge in [0.2, 0.25) is 0 Å². The quantitative estimate of drug-likeness (QED) is 0.586. The molecule has 0 aliphatic carbocycles. The van der Waals surface area contributed by atoms with Gasteiger partial charge in [-0.05, 0) is 41.5 Å². The molecule has 0 radical (unpaired) electrons. The first-order chi connectivity index (χ1) is 13.2. The summed E-state index contributed by atoms with van der Waals surface area (Å²) in [4.78, 5) is 4.11. The Morgan fingerprint density at radius 3 is 2.50 bits per heavy atom. The number of hydrogen-bond acceptors (Lipinski definition) is 4. The van der Waals surface area contributed by atoms with E-state index in [0.717, 1.165) is 23.2 Å². The lowest BCUT2D eigenvalue weighted by Gasteiger charge is -2.13. The molecule has 0 fully saturated rings. The molecule has 0 spiro atoms. The molecule has 0 aliphatic rings. The second-order valence-corrected chi connectivity index (χ2v) is 6.82. The Morgan fingerprint density at radius 2 is 1.79 bits per heavy atom. The zero-order chi connectivity index (χ0) is 19.1. The van der Waals surface area contributed by atoms with Crippen molar-refractivity contribution in [3.8, 4) is 11.5 Å². The van der Waals surface area contributed by atoms with E-state index in [1.54, 1.807) is 25.4 Å². The molecule has 1 aromatic heterocycles. The summed E-state index contributed by atoms with van der Waals surface area (Å²) in [7, 11) is 1.63. The number of pyridine rings is 1. The summed E-state index contributed by atoms with van der Waals surface area (Å²) in [6.07, 6.45) is 3.62. The van der Waals surface area contributed by atoms with E-state index in [4.69, 9.17) is 32.7 Å². The Kier molecular flexibility index (Phi) is 8.87. The van der Waals surface area contributed by atoms with Crippen LogP contribution in [0.15, 0.2) is 60.9 Å². The van der Waals surface area contributed by atoms with Gasteiger partial charge in [0, 0.05) is 41.1 Å². The van der Waals surface area contributed by atoms with Crippen LogP contribution in [0.5, 0.6) is 11.5 Å². The molecule has 0 saturated carbocycles. The minimum atomic E-state index is 0. The van der Waals surface area contributed by atoms with Crippen molar-refractivity contribution in [1.29, 1.82) is 0 Å². The van der Waals surface area contributed by atoms with Crippen LogP contribution in [0.4, 0.5) is 0 Å². The molecule has 0 amide bonds. The van der Waals surface area contributed by atoms with E-state index in [2.05, 4.69) is 10.3 Å². The lowest BCUT2D eigenvalue weighted by molar-refractivity contribution is -0.00000591. The summed E-state index contributed by atoms with van der Waals surface area (Å²) < 4.78 is 11.4. The average molecular weight is 439 g/mol. The molecule has 0 unspecified atom stereocenters. The fourth-order valence-electron chi connectivity index (χ4n) is 2.59. The molecule has 0 atom stereocenters. The molecular weight excluding hydrogens is 419 g/mol. The third kappa shape index (κ3) is 6.28. The highest BCUT2D eigenvalue weighted by Crippen LogP contribution is 2.30. The molecule has 0 saturated heterocycles. The van der Waals surface area contributed by atoms with Gasteiger partial charge in [-0.3, -0.25) is 4.98 Å². The molecule has 1 heterocycles. The van der Waals surface area contributed by atoms with Crippen LogP contribution in [-0.4, -0.2) is 12.1 Å². The molecule has 3 rings (SSSR count). The van der Waals surface area contributed by atoms with E-state index >= 15 is 0 Å². The van der Waals surface area contributed by atoms with E-state index in [0.29, 0.717) is 34.7 Å². The van der Waals surface area contributed by atoms with Crippen molar-refractivity contribution < 1.29 is 21.9 Å². The van der Waals surface area contributed by atoms with Crippen LogP contribution in [0.2, 0.25) is 10.0 Å². The maximum absolute atomic E-state index is 6.19. The predicted molar refractivity (Wildman–Crippen MR) is 109 cm³/mol. The van der Waals surface area contributed by atoms with E-state index < -0.39 is 0 Å². The fraction of sp³-hybridized carbons (Fsp3) is 0.190. The lowest BCUT2D eigenvalue weighted by Crippen LogP contribution is -3.00. The van der Waals surface area contributed by atoms with E-state index in [-0.39, 0.29) is 12.4 Å². The van der Waals surface area contributed by atoms with Gasteiger partial charge in [-0.2, -0.15) is 0 Å². The summed E-state index contributed by atoms with van der Waals surface area (Å²) in [5.74, 6) is 1.35. The molecule has 0 aliphatic heterocycles. The Balaban J connectivity index is 0.00000280. The Hall–Kier alpha value is -1.98. The highest BCUT2D eigenvalue weighted by molar-refractivity contribution is 6.35. The van der Waals surface area contributed by atoms with Crippen molar-refractivity contribution in [3.05, 3.63) is 87.7 Å². The van der Waals surface area contributed by atoms with Crippen LogP contribution in [0.3, 0.4) is 0 Å². The van der Waals surface area contributed by atoms with Crippen LogP contribution in [0, 0.1) is 0 Å². The molecule has 148 valence electrons. The fourth-order valence-corrected chi connectivity index (χ4v) is 3.05. The molecule has 7 heteroatoms. The zero-order valence-electron chi connectivity index (χ0n) is 15.3. The minimum Gasteiger partial charge on any atom is -1.00 e. The van der Waals surface area contributed by atoms with Crippen LogP contribution in [-0.2, 0) is 19.7 Å². The van der Waals surface area contributed by atoms with Crippen LogP contribution >= 0.6 is 23.2 Å². The van der Waals surface area contributed by atoms with Crippen molar-refractivity contribution in [1.82, 2.24) is 10.3 Å². The maximum atomic E-state index is 6.19. The summed E-state index contributed by atoms with van der Waals surface area (Å²) in [5.41, 5.74) is 3.11. The highest BCUT2D eigenvalue weighted by atomic mass is 35.5. The van der Waals surface area contributed by atoms with Gasteiger partial charge in [0.05, 0.1) is 7.11 Å². The van der Waals surface area contributed by atoms with Gasteiger partial charge in [0.25, 0.3) is 0 Å². The SMILES string of the molecule is COc1cc(CNCc2cccnc2)ccc1OCc1ccc(Cl)cc1Cl.[Cl-]. The van der Waals surface area contributed by atoms with Crippen LogP contribution < -0.4 is 27.2 Å². The summed E-state index contributed by atoms with van der Waals surface area (Å²) in [5, 5.41) is 4.58. The highest BCUT2D eigenvalue weighted by Gasteiger charge is 2.08. The van der Waals surface area contributed by atoms with Gasteiger partial charge in [-0.25, -0.2) is 0 Å². The molecule has 4 nitrogen and oxygen atoms in total. The second kappa shape index (κ2) is 11.1. The molecule has 28 heavy (non-hydrogen) atoms. The van der Waals surface area contributed by atoms with Crippen molar-refractivity contribution in [2.45, 2.75) is 19.7 Å². The molecule has 2 aromatic carbocycles. The Morgan fingerprint density at radius 1 is 0.964 bits per heavy atom. The van der Waals surface area contributed by atoms with E-state index in [9.17, 15) is 0 Å². The topological polar surface area (TPSA) is 43.4 Å². The number of rotatable bonds is 8. The van der Waals surface area contributed by atoms with Crippen LogP contribution in [0.1, 0.15) is 16.7 Å². The van der Waals surface area contributed by atoms with Gasteiger partial charge in [0.15, 0.2) is 11.5 Å². The maximum Gasteiger partial charge on any atom is 0.161 e. The lowest BCUT2D eigenvalue weighted by atomic mass is 10.2. The normalized spacial score (nSPS) is 10.2. The molecule has 3 aromatic rings. The standard InChI is InChI=1S/C21H20Cl2N2O2.ClH/c1-26-21-9-15(11-25-13-16-3-2-8-24-12-16)4-7-20(21)27-14-17-5-6-18(22)10-19(17)23;/h2-10,12,25H,11,13-14H2,1H3;1H/p-1. The second-order valence-electron chi connectivity index (χ2n) is 5.97. The first kappa shape index (κ1) is 22.3. The summed E-state index contributed by atoms with van der Waals surface area (Å²) in [6.45, 7) is 1.81. The number of methoxy groups -OCH3 is 1. The van der Waals surface area contributed by atoms with Crippen LogP contribution in [0.25, 0.3) is 0 Å². The van der Waals surface area contributed by atoms with Gasteiger partial charge >= 0.3 is 0 Å². The minimum absolute atomic E-state index is 0. The first-order valence-corrected chi connectivity index (χ1v) is 9.24. The summed E-state index contributed by atoms with van der Waals surface area (Å²) in [6, 6.07) is 15.2. The average Bonchev–Trinajstić information content (AvgIpc) is 2.68. The third-order valence-corrected chi connectivity index (χ3v) is 4.59. The number of halogens is 3. The van der Waals surface area contributed by atoms with E-state index in [1.807, 2.05) is 42.6 Å². The van der Waals surface area contributed by atoms with Crippen molar-refractivity contribution in [2.24, 2.45) is 0 Å². The number of nitrogens with one attached hydrogen (secondary N) is 1. The largest absolute Gasteiger partial charge is 1.00 e.